The van der Waals surface area contributed by atoms with Crippen molar-refractivity contribution < 1.29 is 14.6 Å². The molecule has 0 fully saturated rings. The number of H-pyrrole nitrogens is 1. The number of carbonyl (C=O) groups is 1. The number of hydrogen-bond acceptors (Lipinski definition) is 3. The van der Waals surface area contributed by atoms with Gasteiger partial charge in [-0.05, 0) is 0 Å². The van der Waals surface area contributed by atoms with Crippen LogP contribution in [0.1, 0.15) is 17.4 Å². The first-order chi connectivity index (χ1) is 5.15. The molecule has 0 amide bonds. The zero-order chi connectivity index (χ0) is 8.43. The van der Waals surface area contributed by atoms with Gasteiger partial charge in [0.15, 0.2) is 17.4 Å². The first-order valence-corrected chi connectivity index (χ1v) is 3.12. The minimum absolute atomic E-state index is 0.0629. The van der Waals surface area contributed by atoms with Crippen molar-refractivity contribution in [1.29, 1.82) is 0 Å². The lowest BCUT2D eigenvalue weighted by Gasteiger charge is -1.95. The molecule has 0 saturated heterocycles. The Morgan fingerprint density at radius 1 is 1.73 bits per heavy atom. The van der Waals surface area contributed by atoms with E-state index in [1.54, 1.807) is 0 Å². The first-order valence-electron chi connectivity index (χ1n) is 3.12. The normalized spacial score (nSPS) is 9.64. The molecular formula is C7H9NO3. The number of ketones is 1. The van der Waals surface area contributed by atoms with E-state index in [0.29, 0.717) is 11.4 Å². The number of aromatic nitrogens is 1. The van der Waals surface area contributed by atoms with Crippen molar-refractivity contribution in [2.75, 3.05) is 7.11 Å². The van der Waals surface area contributed by atoms with Crippen molar-refractivity contribution in [3.63, 3.8) is 0 Å². The van der Waals surface area contributed by atoms with Gasteiger partial charge in [-0.3, -0.25) is 4.79 Å². The Morgan fingerprint density at radius 2 is 2.36 bits per heavy atom. The summed E-state index contributed by atoms with van der Waals surface area (Å²) in [4.78, 5) is 13.3. The third-order valence-electron chi connectivity index (χ3n) is 1.34. The van der Waals surface area contributed by atoms with Crippen LogP contribution in [0.2, 0.25) is 0 Å². The molecule has 0 radical (unpaired) electrons. The van der Waals surface area contributed by atoms with E-state index in [0.717, 1.165) is 0 Å². The van der Waals surface area contributed by atoms with Gasteiger partial charge in [-0.1, -0.05) is 0 Å². The minimum Gasteiger partial charge on any atom is -0.494 e. The summed E-state index contributed by atoms with van der Waals surface area (Å²) in [7, 11) is 1.44. The molecule has 0 bridgehead atoms. The number of aromatic hydroxyl groups is 1. The number of aromatic amines is 1. The van der Waals surface area contributed by atoms with Gasteiger partial charge in [-0.15, -0.1) is 0 Å². The number of ether oxygens (including phenoxy) is 1. The van der Waals surface area contributed by atoms with Gasteiger partial charge in [0.1, 0.15) is 5.69 Å². The molecule has 0 aliphatic rings. The van der Waals surface area contributed by atoms with Crippen LogP contribution in [0.3, 0.4) is 0 Å². The van der Waals surface area contributed by atoms with Crippen molar-refractivity contribution >= 4 is 5.78 Å². The van der Waals surface area contributed by atoms with Crippen LogP contribution in [0, 0.1) is 0 Å². The lowest BCUT2D eigenvalue weighted by Crippen LogP contribution is -1.95. The smallest absolute Gasteiger partial charge is 0.192 e. The second-order valence-electron chi connectivity index (χ2n) is 2.15. The maximum absolute atomic E-state index is 10.8. The highest BCUT2D eigenvalue weighted by atomic mass is 16.5. The van der Waals surface area contributed by atoms with Crippen molar-refractivity contribution in [3.8, 4) is 11.6 Å². The van der Waals surface area contributed by atoms with Crippen molar-refractivity contribution in [2.45, 2.75) is 6.92 Å². The molecule has 0 unspecified atom stereocenters. The molecule has 2 N–H and O–H groups in total. The monoisotopic (exact) mass is 155 g/mol. The predicted octanol–water partition coefficient (Wildman–Crippen LogP) is 0.931. The largest absolute Gasteiger partial charge is 0.494 e. The Balaban J connectivity index is 3.12. The zero-order valence-electron chi connectivity index (χ0n) is 6.34. The lowest BCUT2D eigenvalue weighted by atomic mass is 10.3. The highest BCUT2D eigenvalue weighted by Crippen LogP contribution is 2.23. The Morgan fingerprint density at radius 3 is 2.73 bits per heavy atom. The molecule has 1 aromatic rings. The van der Waals surface area contributed by atoms with Gasteiger partial charge < -0.3 is 14.8 Å². The van der Waals surface area contributed by atoms with Crippen LogP contribution in [0.15, 0.2) is 6.07 Å². The molecule has 11 heavy (non-hydrogen) atoms. The van der Waals surface area contributed by atoms with E-state index in [1.807, 2.05) is 0 Å². The Hall–Kier alpha value is -1.45. The van der Waals surface area contributed by atoms with Gasteiger partial charge in [-0.2, -0.15) is 0 Å². The van der Waals surface area contributed by atoms with Crippen molar-refractivity contribution in [2.24, 2.45) is 0 Å². The number of hydrogen-bond donors (Lipinski definition) is 2. The van der Waals surface area contributed by atoms with Gasteiger partial charge in [0.05, 0.1) is 7.11 Å². The minimum atomic E-state index is -0.165. The lowest BCUT2D eigenvalue weighted by molar-refractivity contribution is 0.101. The molecule has 0 aliphatic carbocycles. The van der Waals surface area contributed by atoms with E-state index in [2.05, 4.69) is 4.98 Å². The molecule has 1 aromatic heterocycles. The van der Waals surface area contributed by atoms with E-state index >= 15 is 0 Å². The Labute approximate surface area is 63.8 Å². The molecule has 0 aliphatic heterocycles. The molecule has 1 heterocycles. The molecule has 60 valence electrons. The number of carbonyl (C=O) groups excluding carboxylic acids is 1. The highest BCUT2D eigenvalue weighted by molar-refractivity contribution is 5.95. The second kappa shape index (κ2) is 2.65. The zero-order valence-corrected chi connectivity index (χ0v) is 6.34. The summed E-state index contributed by atoms with van der Waals surface area (Å²) in [6.07, 6.45) is 0. The van der Waals surface area contributed by atoms with Crippen LogP contribution in [0.4, 0.5) is 0 Å². The van der Waals surface area contributed by atoms with E-state index in [1.165, 1.54) is 20.1 Å². The number of Topliss-reactive ketones (excluding diaryl/α,β-unsaturated/α-hetero) is 1. The van der Waals surface area contributed by atoms with Crippen LogP contribution < -0.4 is 4.74 Å². The fraction of sp³-hybridized carbons (Fsp3) is 0.286. The van der Waals surface area contributed by atoms with Crippen molar-refractivity contribution in [3.05, 3.63) is 11.8 Å². The topological polar surface area (TPSA) is 62.3 Å². The van der Waals surface area contributed by atoms with Gasteiger partial charge in [0.25, 0.3) is 0 Å². The molecule has 0 saturated carbocycles. The SMILES string of the molecule is COc1cc(O)[nH]c1C(C)=O. The van der Waals surface area contributed by atoms with Crippen LogP contribution in [-0.4, -0.2) is 23.0 Å². The maximum Gasteiger partial charge on any atom is 0.192 e. The molecule has 4 heteroatoms. The van der Waals surface area contributed by atoms with E-state index in [-0.39, 0.29) is 11.7 Å². The summed E-state index contributed by atoms with van der Waals surface area (Å²) >= 11 is 0. The Bertz CT molecular complexity index is 277. The van der Waals surface area contributed by atoms with Gasteiger partial charge in [0.2, 0.25) is 0 Å². The van der Waals surface area contributed by atoms with Crippen LogP contribution in [-0.2, 0) is 0 Å². The molecule has 4 nitrogen and oxygen atoms in total. The fourth-order valence-corrected chi connectivity index (χ4v) is 0.845. The van der Waals surface area contributed by atoms with E-state index in [4.69, 9.17) is 9.84 Å². The average molecular weight is 155 g/mol. The summed E-state index contributed by atoms with van der Waals surface area (Å²) in [5, 5.41) is 8.93. The average Bonchev–Trinajstić information content (AvgIpc) is 2.30. The standard InChI is InChI=1S/C7H9NO3/c1-4(9)7-5(11-2)3-6(10)8-7/h3,8,10H,1-2H3. The third kappa shape index (κ3) is 1.34. The van der Waals surface area contributed by atoms with E-state index < -0.39 is 0 Å². The number of nitrogens with one attached hydrogen (secondary N) is 1. The van der Waals surface area contributed by atoms with Gasteiger partial charge >= 0.3 is 0 Å². The van der Waals surface area contributed by atoms with Crippen molar-refractivity contribution in [1.82, 2.24) is 4.98 Å². The fourth-order valence-electron chi connectivity index (χ4n) is 0.845. The highest BCUT2D eigenvalue weighted by Gasteiger charge is 2.11. The summed E-state index contributed by atoms with van der Waals surface area (Å²) in [6, 6.07) is 1.36. The molecule has 0 aromatic carbocycles. The summed E-state index contributed by atoms with van der Waals surface area (Å²) in [5.41, 5.74) is 0.296. The summed E-state index contributed by atoms with van der Waals surface area (Å²) < 4.78 is 4.82. The van der Waals surface area contributed by atoms with Crippen LogP contribution in [0.25, 0.3) is 0 Å². The maximum atomic E-state index is 10.8. The second-order valence-corrected chi connectivity index (χ2v) is 2.15. The summed E-state index contributed by atoms with van der Waals surface area (Å²) in [5.74, 6) is 0.143. The molecule has 0 spiro atoms. The molecular weight excluding hydrogens is 146 g/mol. The molecule has 1 rings (SSSR count). The summed E-state index contributed by atoms with van der Waals surface area (Å²) in [6.45, 7) is 1.40. The quantitative estimate of drug-likeness (QED) is 0.624. The van der Waals surface area contributed by atoms with Gasteiger partial charge in [0, 0.05) is 13.0 Å². The number of rotatable bonds is 2. The predicted molar refractivity (Wildman–Crippen MR) is 39.0 cm³/mol. The third-order valence-corrected chi connectivity index (χ3v) is 1.34. The molecule has 0 atom stereocenters. The Kier molecular flexibility index (Phi) is 1.85. The van der Waals surface area contributed by atoms with E-state index in [9.17, 15) is 4.79 Å². The van der Waals surface area contributed by atoms with Crippen LogP contribution >= 0.6 is 0 Å². The van der Waals surface area contributed by atoms with Crippen LogP contribution in [0.5, 0.6) is 11.6 Å². The first kappa shape index (κ1) is 7.65. The van der Waals surface area contributed by atoms with Gasteiger partial charge in [-0.25, -0.2) is 0 Å². The number of methoxy groups -OCH3 is 1.